The molecule has 10 heteroatoms. The fourth-order valence-corrected chi connectivity index (χ4v) is 6.54. The molecule has 9 nitrogen and oxygen atoms in total. The highest BCUT2D eigenvalue weighted by atomic mass is 31.2. The lowest BCUT2D eigenvalue weighted by Gasteiger charge is -2.24. The van der Waals surface area contributed by atoms with E-state index in [0.717, 1.165) is 32.1 Å². The number of aliphatic hydroxyl groups is 2. The zero-order valence-electron chi connectivity index (χ0n) is 31.5. The molecule has 0 aliphatic heterocycles. The SMILES string of the molecule is CCCCCCCCCCCCCC/C=C/CC/C=C/C(O)C(COP(=O)(O)OCCN)NC(=O)CC(O)CCCCCCCCCCC. The third kappa shape index (κ3) is 33.8. The van der Waals surface area contributed by atoms with Gasteiger partial charge in [-0.3, -0.25) is 13.8 Å². The summed E-state index contributed by atoms with van der Waals surface area (Å²) in [4.78, 5) is 22.6. The minimum atomic E-state index is -4.40. The number of hydrogen-bond acceptors (Lipinski definition) is 7. The standard InChI is InChI=1S/C39H77N2O7P/c1-3-5-7-9-11-13-14-15-16-17-18-19-20-21-23-25-27-29-31-38(43)37(35-48-49(45,46)47-33-32-40)41-39(44)34-36(42)30-28-26-24-22-12-10-8-6-4-2/h21,23,29,31,36-38,42-43H,3-20,22,24-28,30,32-35,40H2,1-2H3,(H,41,44)(H,45,46)/b23-21+,31-29+. The second-order valence-electron chi connectivity index (χ2n) is 13.7. The number of carbonyl (C=O) groups excluding carboxylic acids is 1. The van der Waals surface area contributed by atoms with E-state index in [1.165, 1.54) is 116 Å². The van der Waals surface area contributed by atoms with E-state index >= 15 is 0 Å². The molecule has 0 aliphatic carbocycles. The van der Waals surface area contributed by atoms with E-state index in [-0.39, 0.29) is 19.6 Å². The molecule has 0 saturated carbocycles. The summed E-state index contributed by atoms with van der Waals surface area (Å²) in [5.74, 6) is -0.458. The van der Waals surface area contributed by atoms with Gasteiger partial charge in [0.1, 0.15) is 0 Å². The Labute approximate surface area is 300 Å². The largest absolute Gasteiger partial charge is 0.472 e. The van der Waals surface area contributed by atoms with Gasteiger partial charge in [0.15, 0.2) is 0 Å². The lowest BCUT2D eigenvalue weighted by atomic mass is 10.0. The highest BCUT2D eigenvalue weighted by Gasteiger charge is 2.27. The first-order valence-electron chi connectivity index (χ1n) is 20.0. The average molecular weight is 717 g/mol. The first-order valence-corrected chi connectivity index (χ1v) is 21.5. The summed E-state index contributed by atoms with van der Waals surface area (Å²) in [6, 6.07) is -0.994. The summed E-state index contributed by atoms with van der Waals surface area (Å²) >= 11 is 0. The summed E-state index contributed by atoms with van der Waals surface area (Å²) in [6.45, 7) is 3.92. The number of unbranched alkanes of at least 4 members (excludes halogenated alkanes) is 21. The third-order valence-electron chi connectivity index (χ3n) is 8.83. The number of nitrogens with one attached hydrogen (secondary N) is 1. The van der Waals surface area contributed by atoms with Gasteiger partial charge in [-0.1, -0.05) is 167 Å². The number of aliphatic hydroxyl groups excluding tert-OH is 2. The fourth-order valence-electron chi connectivity index (χ4n) is 5.78. The van der Waals surface area contributed by atoms with Crippen LogP contribution >= 0.6 is 7.82 Å². The maximum absolute atomic E-state index is 12.7. The van der Waals surface area contributed by atoms with Gasteiger partial charge < -0.3 is 26.2 Å². The van der Waals surface area contributed by atoms with Gasteiger partial charge in [0.25, 0.3) is 0 Å². The number of amides is 1. The molecule has 0 aromatic rings. The molecule has 0 spiro atoms. The average Bonchev–Trinajstić information content (AvgIpc) is 3.07. The van der Waals surface area contributed by atoms with Crippen LogP contribution in [0.25, 0.3) is 0 Å². The Hall–Kier alpha value is -1.06. The number of hydrogen-bond donors (Lipinski definition) is 5. The topological polar surface area (TPSA) is 151 Å². The predicted molar refractivity (Wildman–Crippen MR) is 204 cm³/mol. The molecule has 6 N–H and O–H groups in total. The van der Waals surface area contributed by atoms with Crippen LogP contribution in [0.15, 0.2) is 24.3 Å². The second-order valence-corrected chi connectivity index (χ2v) is 15.1. The van der Waals surface area contributed by atoms with Gasteiger partial charge >= 0.3 is 7.82 Å². The van der Waals surface area contributed by atoms with Gasteiger partial charge in [0, 0.05) is 6.54 Å². The van der Waals surface area contributed by atoms with E-state index in [9.17, 15) is 24.5 Å². The molecule has 1 amide bonds. The molecule has 0 radical (unpaired) electrons. The van der Waals surface area contributed by atoms with E-state index in [2.05, 4.69) is 31.3 Å². The Balaban J connectivity index is 4.42. The van der Waals surface area contributed by atoms with Crippen molar-refractivity contribution >= 4 is 13.7 Å². The van der Waals surface area contributed by atoms with Crippen molar-refractivity contribution in [3.05, 3.63) is 24.3 Å². The summed E-state index contributed by atoms with van der Waals surface area (Å²) in [6.07, 6.45) is 35.6. The monoisotopic (exact) mass is 717 g/mol. The molecule has 0 saturated heterocycles. The van der Waals surface area contributed by atoms with Crippen LogP contribution < -0.4 is 11.1 Å². The molecule has 0 rings (SSSR count). The number of rotatable bonds is 37. The molecule has 0 bridgehead atoms. The van der Waals surface area contributed by atoms with Crippen LogP contribution in [0.2, 0.25) is 0 Å². The maximum atomic E-state index is 12.7. The summed E-state index contributed by atoms with van der Waals surface area (Å²) in [5.41, 5.74) is 5.34. The molecule has 49 heavy (non-hydrogen) atoms. The Morgan fingerprint density at radius 3 is 1.69 bits per heavy atom. The van der Waals surface area contributed by atoms with E-state index in [0.29, 0.717) is 12.8 Å². The third-order valence-corrected chi connectivity index (χ3v) is 9.82. The van der Waals surface area contributed by atoms with Gasteiger partial charge in [-0.2, -0.15) is 0 Å². The number of carbonyl (C=O) groups is 1. The summed E-state index contributed by atoms with van der Waals surface area (Å²) in [5, 5.41) is 23.9. The Kier molecular flexibility index (Phi) is 34.6. The van der Waals surface area contributed by atoms with Gasteiger partial charge in [-0.05, 0) is 32.1 Å². The molecule has 4 atom stereocenters. The molecular weight excluding hydrogens is 639 g/mol. The van der Waals surface area contributed by atoms with Crippen LogP contribution in [0.1, 0.15) is 181 Å². The van der Waals surface area contributed by atoms with Gasteiger partial charge in [-0.15, -0.1) is 0 Å². The Morgan fingerprint density at radius 2 is 1.16 bits per heavy atom. The van der Waals surface area contributed by atoms with Crippen molar-refractivity contribution in [2.24, 2.45) is 5.73 Å². The molecule has 0 aromatic carbocycles. The highest BCUT2D eigenvalue weighted by Crippen LogP contribution is 2.43. The van der Waals surface area contributed by atoms with Crippen LogP contribution in [0.4, 0.5) is 0 Å². The van der Waals surface area contributed by atoms with Gasteiger partial charge in [0.2, 0.25) is 5.91 Å². The van der Waals surface area contributed by atoms with Crippen molar-refractivity contribution in [3.8, 4) is 0 Å². The lowest BCUT2D eigenvalue weighted by molar-refractivity contribution is -0.124. The first-order chi connectivity index (χ1) is 23.8. The van der Waals surface area contributed by atoms with E-state index in [1.807, 2.05) is 6.08 Å². The molecule has 0 aliphatic rings. The number of nitrogens with two attached hydrogens (primary N) is 1. The van der Waals surface area contributed by atoms with Gasteiger partial charge in [0.05, 0.1) is 37.9 Å². The Morgan fingerprint density at radius 1 is 0.694 bits per heavy atom. The normalized spacial score (nSPS) is 15.1. The van der Waals surface area contributed by atoms with Crippen LogP contribution in [0.3, 0.4) is 0 Å². The summed E-state index contributed by atoms with van der Waals surface area (Å²) in [7, 11) is -4.40. The molecule has 0 fully saturated rings. The molecule has 0 aromatic heterocycles. The first kappa shape index (κ1) is 47.9. The minimum Gasteiger partial charge on any atom is -0.393 e. The maximum Gasteiger partial charge on any atom is 0.472 e. The van der Waals surface area contributed by atoms with Crippen molar-refractivity contribution < 1.29 is 33.5 Å². The van der Waals surface area contributed by atoms with Crippen LogP contribution in [0, 0.1) is 0 Å². The van der Waals surface area contributed by atoms with Crippen molar-refractivity contribution in [1.82, 2.24) is 5.32 Å². The van der Waals surface area contributed by atoms with Gasteiger partial charge in [-0.25, -0.2) is 4.57 Å². The van der Waals surface area contributed by atoms with Crippen LogP contribution in [0.5, 0.6) is 0 Å². The second kappa shape index (κ2) is 35.3. The number of phosphoric acid groups is 1. The molecule has 0 heterocycles. The molecule has 4 unspecified atom stereocenters. The fraction of sp³-hybridized carbons (Fsp3) is 0.872. The molecular formula is C39H77N2O7P. The predicted octanol–water partition coefficient (Wildman–Crippen LogP) is 9.58. The quantitative estimate of drug-likeness (QED) is 0.0242. The van der Waals surface area contributed by atoms with Crippen molar-refractivity contribution in [3.63, 3.8) is 0 Å². The zero-order valence-corrected chi connectivity index (χ0v) is 32.4. The minimum absolute atomic E-state index is 0.0457. The van der Waals surface area contributed by atoms with Crippen molar-refractivity contribution in [1.29, 1.82) is 0 Å². The van der Waals surface area contributed by atoms with Crippen molar-refractivity contribution in [2.45, 2.75) is 199 Å². The zero-order chi connectivity index (χ0) is 36.3. The van der Waals surface area contributed by atoms with Crippen LogP contribution in [-0.2, 0) is 18.4 Å². The molecule has 290 valence electrons. The number of allylic oxidation sites excluding steroid dienone is 3. The van der Waals surface area contributed by atoms with E-state index in [1.54, 1.807) is 6.08 Å². The van der Waals surface area contributed by atoms with E-state index in [4.69, 9.17) is 14.8 Å². The summed E-state index contributed by atoms with van der Waals surface area (Å²) < 4.78 is 22.0. The highest BCUT2D eigenvalue weighted by molar-refractivity contribution is 7.47. The lowest BCUT2D eigenvalue weighted by Crippen LogP contribution is -2.46. The van der Waals surface area contributed by atoms with Crippen LogP contribution in [-0.4, -0.2) is 59.0 Å². The van der Waals surface area contributed by atoms with E-state index < -0.39 is 38.6 Å². The number of phosphoric ester groups is 1. The smallest absolute Gasteiger partial charge is 0.393 e. The van der Waals surface area contributed by atoms with Crippen molar-refractivity contribution in [2.75, 3.05) is 19.8 Å². The Bertz CT molecular complexity index is 842.